The van der Waals surface area contributed by atoms with Gasteiger partial charge in [-0.25, -0.2) is 0 Å². The minimum absolute atomic E-state index is 0.147. The van der Waals surface area contributed by atoms with Crippen LogP contribution in [0.15, 0.2) is 52.9 Å². The van der Waals surface area contributed by atoms with Crippen LogP contribution in [-0.2, 0) is 9.53 Å². The first kappa shape index (κ1) is 24.4. The van der Waals surface area contributed by atoms with Gasteiger partial charge in [-0.2, -0.15) is 0 Å². The van der Waals surface area contributed by atoms with E-state index in [0.717, 1.165) is 25.7 Å². The second kappa shape index (κ2) is 11.1. The summed E-state index contributed by atoms with van der Waals surface area (Å²) in [4.78, 5) is 36.2. The Bertz CT molecular complexity index is 1190. The number of hydrogen-bond donors (Lipinski definition) is 2. The average Bonchev–Trinajstić information content (AvgIpc) is 3.34. The summed E-state index contributed by atoms with van der Waals surface area (Å²) < 4.78 is 10.0. The molecule has 1 fully saturated rings. The Labute approximate surface area is 207 Å². The molecule has 9 nitrogen and oxygen atoms in total. The second-order valence-corrected chi connectivity index (χ2v) is 8.88. The number of esters is 1. The van der Waals surface area contributed by atoms with Gasteiger partial charge in [0.15, 0.2) is 0 Å². The molecule has 0 spiro atoms. The van der Waals surface area contributed by atoms with Crippen molar-refractivity contribution < 1.29 is 23.5 Å². The van der Waals surface area contributed by atoms with E-state index in [1.165, 1.54) is 12.7 Å². The van der Waals surface area contributed by atoms with Gasteiger partial charge in [0.05, 0.1) is 7.11 Å². The summed E-state index contributed by atoms with van der Waals surface area (Å²) in [7, 11) is 1.42. The van der Waals surface area contributed by atoms with Crippen molar-refractivity contribution in [1.82, 2.24) is 10.2 Å². The number of carbonyl (C=O) groups is 3. The minimum atomic E-state index is -0.583. The molecule has 1 saturated carbocycles. The van der Waals surface area contributed by atoms with E-state index in [2.05, 4.69) is 20.8 Å². The van der Waals surface area contributed by atoms with Crippen LogP contribution in [0.4, 0.5) is 11.7 Å². The maximum Gasteiger partial charge on any atom is 0.322 e. The lowest BCUT2D eigenvalue weighted by Crippen LogP contribution is -2.17. The van der Waals surface area contributed by atoms with Gasteiger partial charge in [0, 0.05) is 22.7 Å². The summed E-state index contributed by atoms with van der Waals surface area (Å²) in [6, 6.07) is 13.7. The van der Waals surface area contributed by atoms with E-state index in [9.17, 15) is 14.4 Å². The lowest BCUT2D eigenvalue weighted by molar-refractivity contribution is -0.142. The highest BCUT2D eigenvalue weighted by atomic mass is 35.5. The number of hydrogen-bond acceptors (Lipinski definition) is 7. The second-order valence-electron chi connectivity index (χ2n) is 8.45. The lowest BCUT2D eigenvalue weighted by atomic mass is 9.77. The zero-order valence-electron chi connectivity index (χ0n) is 19.1. The first-order valence-electron chi connectivity index (χ1n) is 11.3. The standard InChI is InChI=1S/C25H25ClN4O5/c1-34-21(31)14-15-2-4-16(5-3-15)17-8-12-20(13-9-17)27-23(33)24-29-30-25(35-24)28-22(32)18-6-10-19(26)11-7-18/h6-13,15-16H,2-5,14H2,1H3,(H,27,33)(H,28,30,32). The SMILES string of the molecule is COC(=O)CC1CCC(c2ccc(NC(=O)c3nnc(NC(=O)c4ccc(Cl)cc4)o3)cc2)CC1. The molecule has 0 saturated heterocycles. The fraction of sp³-hybridized carbons (Fsp3) is 0.320. The van der Waals surface area contributed by atoms with Gasteiger partial charge >= 0.3 is 23.8 Å². The highest BCUT2D eigenvalue weighted by Crippen LogP contribution is 2.37. The van der Waals surface area contributed by atoms with E-state index in [1.54, 1.807) is 24.3 Å². The summed E-state index contributed by atoms with van der Waals surface area (Å²) in [5.41, 5.74) is 2.14. The molecule has 1 aliphatic rings. The lowest BCUT2D eigenvalue weighted by Gasteiger charge is -2.28. The predicted molar refractivity (Wildman–Crippen MR) is 129 cm³/mol. The number of rotatable bonds is 7. The number of halogens is 1. The molecule has 2 aromatic carbocycles. The number of amides is 2. The molecule has 1 aromatic heterocycles. The summed E-state index contributed by atoms with van der Waals surface area (Å²) in [6.45, 7) is 0. The van der Waals surface area contributed by atoms with Crippen LogP contribution in [0.2, 0.25) is 5.02 Å². The molecule has 0 radical (unpaired) electrons. The zero-order valence-corrected chi connectivity index (χ0v) is 19.9. The number of carbonyl (C=O) groups excluding carboxylic acids is 3. The van der Waals surface area contributed by atoms with Crippen molar-refractivity contribution in [1.29, 1.82) is 0 Å². The molecule has 4 rings (SSSR count). The van der Waals surface area contributed by atoms with Crippen LogP contribution in [0.3, 0.4) is 0 Å². The van der Waals surface area contributed by atoms with Gasteiger partial charge in [-0.1, -0.05) is 28.8 Å². The van der Waals surface area contributed by atoms with Crippen molar-refractivity contribution in [3.63, 3.8) is 0 Å². The first-order chi connectivity index (χ1) is 16.9. The number of anilines is 2. The Hall–Kier alpha value is -3.72. The predicted octanol–water partition coefficient (Wildman–Crippen LogP) is 5.06. The van der Waals surface area contributed by atoms with E-state index >= 15 is 0 Å². The van der Waals surface area contributed by atoms with Gasteiger partial charge in [0.25, 0.3) is 5.91 Å². The Balaban J connectivity index is 1.29. The molecule has 1 heterocycles. The van der Waals surface area contributed by atoms with Crippen LogP contribution in [-0.4, -0.2) is 35.1 Å². The van der Waals surface area contributed by atoms with Crippen LogP contribution >= 0.6 is 11.6 Å². The third-order valence-corrected chi connectivity index (χ3v) is 6.37. The van der Waals surface area contributed by atoms with Crippen molar-refractivity contribution in [2.24, 2.45) is 5.92 Å². The van der Waals surface area contributed by atoms with Crippen molar-refractivity contribution in [2.75, 3.05) is 17.7 Å². The Morgan fingerprint density at radius 2 is 1.63 bits per heavy atom. The Morgan fingerprint density at radius 1 is 0.943 bits per heavy atom. The van der Waals surface area contributed by atoms with Gasteiger partial charge in [0.2, 0.25) is 0 Å². The molecule has 0 bridgehead atoms. The smallest absolute Gasteiger partial charge is 0.322 e. The summed E-state index contributed by atoms with van der Waals surface area (Å²) in [6.07, 6.45) is 4.49. The number of methoxy groups -OCH3 is 1. The molecule has 2 N–H and O–H groups in total. The molecule has 2 amide bonds. The molecule has 3 aromatic rings. The fourth-order valence-electron chi connectivity index (χ4n) is 4.18. The quantitative estimate of drug-likeness (QED) is 0.438. The van der Waals surface area contributed by atoms with Gasteiger partial charge in [-0.3, -0.25) is 19.7 Å². The summed E-state index contributed by atoms with van der Waals surface area (Å²) in [5.74, 6) is -0.660. The third-order valence-electron chi connectivity index (χ3n) is 6.12. The number of nitrogens with zero attached hydrogens (tertiary/aromatic N) is 2. The van der Waals surface area contributed by atoms with Crippen LogP contribution in [0.5, 0.6) is 0 Å². The van der Waals surface area contributed by atoms with Crippen LogP contribution < -0.4 is 10.6 Å². The van der Waals surface area contributed by atoms with E-state index in [0.29, 0.717) is 34.5 Å². The van der Waals surface area contributed by atoms with Gasteiger partial charge in [-0.05, 0) is 79.5 Å². The molecule has 0 atom stereocenters. The highest BCUT2D eigenvalue weighted by Gasteiger charge is 2.24. The largest absolute Gasteiger partial charge is 0.469 e. The molecule has 10 heteroatoms. The molecule has 0 unspecified atom stereocenters. The monoisotopic (exact) mass is 496 g/mol. The van der Waals surface area contributed by atoms with E-state index < -0.39 is 11.8 Å². The van der Waals surface area contributed by atoms with Gasteiger partial charge < -0.3 is 14.5 Å². The third kappa shape index (κ3) is 6.45. The summed E-state index contributed by atoms with van der Waals surface area (Å²) >= 11 is 5.82. The molecular weight excluding hydrogens is 472 g/mol. The molecular formula is C25H25ClN4O5. The molecule has 1 aliphatic carbocycles. The molecule has 0 aliphatic heterocycles. The zero-order chi connectivity index (χ0) is 24.8. The topological polar surface area (TPSA) is 123 Å². The van der Waals surface area contributed by atoms with Crippen molar-refractivity contribution >= 4 is 41.1 Å². The minimum Gasteiger partial charge on any atom is -0.469 e. The molecule has 35 heavy (non-hydrogen) atoms. The number of benzene rings is 2. The van der Waals surface area contributed by atoms with E-state index in [1.807, 2.05) is 24.3 Å². The van der Waals surface area contributed by atoms with E-state index in [4.69, 9.17) is 20.8 Å². The Morgan fingerprint density at radius 3 is 2.29 bits per heavy atom. The maximum absolute atomic E-state index is 12.5. The van der Waals surface area contributed by atoms with Crippen LogP contribution in [0, 0.1) is 5.92 Å². The normalized spacial score (nSPS) is 17.4. The number of aromatic nitrogens is 2. The van der Waals surface area contributed by atoms with Crippen molar-refractivity contribution in [3.05, 3.63) is 70.6 Å². The van der Waals surface area contributed by atoms with Crippen LogP contribution in [0.25, 0.3) is 0 Å². The summed E-state index contributed by atoms with van der Waals surface area (Å²) in [5, 5.41) is 13.1. The number of nitrogens with one attached hydrogen (secondary N) is 2. The average molecular weight is 497 g/mol. The molecule has 182 valence electrons. The van der Waals surface area contributed by atoms with Gasteiger partial charge in [-0.15, -0.1) is 5.10 Å². The Kier molecular flexibility index (Phi) is 7.77. The highest BCUT2D eigenvalue weighted by molar-refractivity contribution is 6.30. The van der Waals surface area contributed by atoms with Crippen LogP contribution in [0.1, 0.15) is 64.6 Å². The fourth-order valence-corrected chi connectivity index (χ4v) is 4.30. The maximum atomic E-state index is 12.5. The van der Waals surface area contributed by atoms with Crippen molar-refractivity contribution in [3.8, 4) is 0 Å². The van der Waals surface area contributed by atoms with Crippen molar-refractivity contribution in [2.45, 2.75) is 38.0 Å². The van der Waals surface area contributed by atoms with Gasteiger partial charge in [0.1, 0.15) is 0 Å². The number of ether oxygens (including phenoxy) is 1. The first-order valence-corrected chi connectivity index (χ1v) is 11.7. The van der Waals surface area contributed by atoms with E-state index in [-0.39, 0.29) is 17.9 Å².